The van der Waals surface area contributed by atoms with Gasteiger partial charge in [0.25, 0.3) is 5.91 Å². The van der Waals surface area contributed by atoms with E-state index in [4.69, 9.17) is 19.2 Å². The molecule has 2 aliphatic heterocycles. The lowest BCUT2D eigenvalue weighted by Crippen LogP contribution is -2.46. The van der Waals surface area contributed by atoms with E-state index in [0.717, 1.165) is 47.9 Å². The molecule has 2 bridgehead atoms. The molecular formula is C35H40N4O5S. The zero-order valence-corrected chi connectivity index (χ0v) is 27.2. The first-order chi connectivity index (χ1) is 21.6. The summed E-state index contributed by atoms with van der Waals surface area (Å²) >= 11 is 1.61. The minimum absolute atomic E-state index is 0.0402. The van der Waals surface area contributed by atoms with Crippen LogP contribution in [0.3, 0.4) is 0 Å². The van der Waals surface area contributed by atoms with Crippen LogP contribution in [0.4, 0.5) is 5.13 Å². The average Bonchev–Trinajstić information content (AvgIpc) is 3.62. The van der Waals surface area contributed by atoms with Gasteiger partial charge in [-0.25, -0.2) is 4.98 Å². The van der Waals surface area contributed by atoms with E-state index in [0.29, 0.717) is 48.7 Å². The number of hydrogen-bond donors (Lipinski definition) is 0. The van der Waals surface area contributed by atoms with E-state index < -0.39 is 5.60 Å². The number of thiazole rings is 1. The van der Waals surface area contributed by atoms with Crippen LogP contribution in [0.5, 0.6) is 5.75 Å². The van der Waals surface area contributed by atoms with Crippen molar-refractivity contribution in [1.82, 2.24) is 9.88 Å². The maximum absolute atomic E-state index is 13.0. The third-order valence-corrected chi connectivity index (χ3v) is 9.75. The zero-order valence-electron chi connectivity index (χ0n) is 26.4. The molecular weight excluding hydrogens is 588 g/mol. The fourth-order valence-corrected chi connectivity index (χ4v) is 7.53. The van der Waals surface area contributed by atoms with Crippen molar-refractivity contribution in [3.63, 3.8) is 0 Å². The molecule has 10 heteroatoms. The van der Waals surface area contributed by atoms with Gasteiger partial charge in [-0.2, -0.15) is 5.26 Å². The summed E-state index contributed by atoms with van der Waals surface area (Å²) < 4.78 is 17.4. The molecule has 3 aromatic rings. The van der Waals surface area contributed by atoms with Gasteiger partial charge in [-0.05, 0) is 76.6 Å². The van der Waals surface area contributed by atoms with Gasteiger partial charge < -0.3 is 24.0 Å². The molecule has 236 valence electrons. The number of hydrogen-bond acceptors (Lipinski definition) is 9. The zero-order chi connectivity index (χ0) is 31.7. The molecule has 1 aromatic heterocycles. The van der Waals surface area contributed by atoms with E-state index >= 15 is 0 Å². The van der Waals surface area contributed by atoms with Crippen molar-refractivity contribution in [2.24, 2.45) is 17.8 Å². The Bertz CT molecular complexity index is 1600. The van der Waals surface area contributed by atoms with Crippen molar-refractivity contribution in [2.45, 2.75) is 52.7 Å². The fourth-order valence-electron chi connectivity index (χ4n) is 6.68. The molecule has 3 aliphatic rings. The van der Waals surface area contributed by atoms with E-state index in [1.807, 2.05) is 39.8 Å². The second-order valence-corrected chi connectivity index (χ2v) is 14.1. The van der Waals surface area contributed by atoms with Crippen LogP contribution >= 0.6 is 11.3 Å². The molecule has 2 aromatic carbocycles. The molecule has 1 aliphatic carbocycles. The number of fused-ring (bicyclic) bond motifs is 2. The average molecular weight is 629 g/mol. The molecule has 0 N–H and O–H groups in total. The number of nitrogens with zero attached hydrogens (tertiary/aromatic N) is 4. The summed E-state index contributed by atoms with van der Waals surface area (Å²) in [7, 11) is 0. The highest BCUT2D eigenvalue weighted by molar-refractivity contribution is 7.14. The van der Waals surface area contributed by atoms with Crippen molar-refractivity contribution in [3.8, 4) is 23.1 Å². The summed E-state index contributed by atoms with van der Waals surface area (Å²) in [5.41, 5.74) is 3.96. The highest BCUT2D eigenvalue weighted by Crippen LogP contribution is 2.45. The molecule has 0 radical (unpaired) electrons. The van der Waals surface area contributed by atoms with Crippen molar-refractivity contribution in [1.29, 1.82) is 5.26 Å². The van der Waals surface area contributed by atoms with Gasteiger partial charge in [0.1, 0.15) is 18.0 Å². The lowest BCUT2D eigenvalue weighted by molar-refractivity contribution is -0.163. The number of aromatic nitrogens is 1. The Hall–Kier alpha value is -3.94. The highest BCUT2D eigenvalue weighted by atomic mass is 32.1. The molecule has 0 spiro atoms. The van der Waals surface area contributed by atoms with Crippen LogP contribution in [0.2, 0.25) is 0 Å². The van der Waals surface area contributed by atoms with Crippen LogP contribution in [0.1, 0.15) is 60.7 Å². The number of piperidine rings is 1. The number of rotatable bonds is 7. The summed E-state index contributed by atoms with van der Waals surface area (Å²) in [4.78, 5) is 35.1. The van der Waals surface area contributed by atoms with E-state index in [1.54, 1.807) is 34.4 Å². The number of nitriles is 1. The normalized spacial score (nSPS) is 21.4. The van der Waals surface area contributed by atoms with Gasteiger partial charge in [-0.15, -0.1) is 11.3 Å². The highest BCUT2D eigenvalue weighted by Gasteiger charge is 2.48. The van der Waals surface area contributed by atoms with Crippen molar-refractivity contribution in [2.75, 3.05) is 44.3 Å². The third kappa shape index (κ3) is 6.85. The van der Waals surface area contributed by atoms with Crippen LogP contribution in [0, 0.1) is 36.0 Å². The minimum Gasteiger partial charge on any atom is -0.488 e. The third-order valence-electron chi connectivity index (χ3n) is 8.85. The fraction of sp³-hybridized carbons (Fsp3) is 0.486. The quantitative estimate of drug-likeness (QED) is 0.301. The second-order valence-electron chi connectivity index (χ2n) is 13.3. The maximum atomic E-state index is 13.0. The van der Waals surface area contributed by atoms with Gasteiger partial charge in [-0.3, -0.25) is 9.59 Å². The molecule has 2 atom stereocenters. The lowest BCUT2D eigenvalue weighted by Gasteiger charge is -2.37. The summed E-state index contributed by atoms with van der Waals surface area (Å²) in [6.07, 6.45) is 2.07. The van der Waals surface area contributed by atoms with Gasteiger partial charge in [0, 0.05) is 48.2 Å². The first kappa shape index (κ1) is 31.1. The van der Waals surface area contributed by atoms with E-state index in [9.17, 15) is 14.9 Å². The van der Waals surface area contributed by atoms with Gasteiger partial charge >= 0.3 is 5.97 Å². The Balaban J connectivity index is 1.16. The van der Waals surface area contributed by atoms with Gasteiger partial charge in [0.2, 0.25) is 0 Å². The number of benzene rings is 2. The Morgan fingerprint density at radius 2 is 1.82 bits per heavy atom. The monoisotopic (exact) mass is 628 g/mol. The standard InChI is InChI=1S/C35H40N4O5S/c1-22-5-10-30(43-20-26-9-6-23(16-27(26)17-36)32(40)38-11-13-42-14-12-38)28(15-22)29-21-45-34(37-29)39-18-24-7-8-25(19-39)31(24)33(41)44-35(2,3)4/h5-6,9-10,15-16,21,24-25,31H,7-8,11-14,18-20H2,1-4H3. The maximum Gasteiger partial charge on any atom is 0.310 e. The van der Waals surface area contributed by atoms with Crippen molar-refractivity contribution in [3.05, 3.63) is 64.0 Å². The SMILES string of the molecule is Cc1ccc(OCc2ccc(C(=O)N3CCOCC3)cc2C#N)c(-c2csc(N3CC4CCC(C3)C4C(=O)OC(C)(C)C)n2)c1. The number of aryl methyl sites for hydroxylation is 1. The summed E-state index contributed by atoms with van der Waals surface area (Å²) in [6.45, 7) is 11.7. The Morgan fingerprint density at radius 3 is 2.51 bits per heavy atom. The second kappa shape index (κ2) is 12.8. The number of amides is 1. The molecule has 6 rings (SSSR count). The summed E-state index contributed by atoms with van der Waals surface area (Å²) in [5.74, 6) is 1.03. The number of anilines is 1. The summed E-state index contributed by atoms with van der Waals surface area (Å²) in [6, 6.07) is 13.5. The summed E-state index contributed by atoms with van der Waals surface area (Å²) in [5, 5.41) is 12.9. The predicted octanol–water partition coefficient (Wildman–Crippen LogP) is 5.85. The van der Waals surface area contributed by atoms with Crippen LogP contribution < -0.4 is 9.64 Å². The Kier molecular flexibility index (Phi) is 8.85. The Labute approximate surface area is 268 Å². The number of carbonyl (C=O) groups is 2. The van der Waals surface area contributed by atoms with Gasteiger partial charge in [0.05, 0.1) is 36.5 Å². The molecule has 1 amide bonds. The first-order valence-electron chi connectivity index (χ1n) is 15.7. The van der Waals surface area contributed by atoms with E-state index in [1.165, 1.54) is 0 Å². The predicted molar refractivity (Wildman–Crippen MR) is 172 cm³/mol. The number of esters is 1. The van der Waals surface area contributed by atoms with Crippen LogP contribution in [0.25, 0.3) is 11.3 Å². The van der Waals surface area contributed by atoms with E-state index in [2.05, 4.69) is 22.4 Å². The first-order valence-corrected chi connectivity index (χ1v) is 16.5. The van der Waals surface area contributed by atoms with Crippen molar-refractivity contribution >= 4 is 28.3 Å². The smallest absolute Gasteiger partial charge is 0.310 e. The molecule has 3 fully saturated rings. The molecule has 3 heterocycles. The van der Waals surface area contributed by atoms with Crippen molar-refractivity contribution < 1.29 is 23.8 Å². The topological polar surface area (TPSA) is 105 Å². The number of carbonyl (C=O) groups excluding carboxylic acids is 2. The number of morpholine rings is 1. The van der Waals surface area contributed by atoms with Crippen LogP contribution in [-0.4, -0.2) is 66.8 Å². The largest absolute Gasteiger partial charge is 0.488 e. The van der Waals surface area contributed by atoms with E-state index in [-0.39, 0.29) is 36.2 Å². The molecule has 45 heavy (non-hydrogen) atoms. The van der Waals surface area contributed by atoms with Gasteiger partial charge in [-0.1, -0.05) is 17.7 Å². The molecule has 2 unspecified atom stereocenters. The molecule has 1 saturated carbocycles. The molecule has 9 nitrogen and oxygen atoms in total. The Morgan fingerprint density at radius 1 is 1.09 bits per heavy atom. The van der Waals surface area contributed by atoms with Crippen LogP contribution in [-0.2, 0) is 20.9 Å². The molecule has 2 saturated heterocycles. The minimum atomic E-state index is -0.479. The number of ether oxygens (including phenoxy) is 3. The van der Waals surface area contributed by atoms with Gasteiger partial charge in [0.15, 0.2) is 5.13 Å². The lowest BCUT2D eigenvalue weighted by atomic mass is 9.85. The van der Waals surface area contributed by atoms with Crippen LogP contribution in [0.15, 0.2) is 41.8 Å².